The fourth-order valence-electron chi connectivity index (χ4n) is 15.0. The topological polar surface area (TPSA) is 86.9 Å². The lowest BCUT2D eigenvalue weighted by molar-refractivity contribution is 0.0472. The largest absolute Gasteiger partial charge is 0.457 e. The third-order valence-corrected chi connectivity index (χ3v) is 20.4. The van der Waals surface area contributed by atoms with Crippen LogP contribution in [0.15, 0.2) is 122 Å². The van der Waals surface area contributed by atoms with Gasteiger partial charge in [-0.05, 0) is 158 Å². The predicted octanol–water partition coefficient (Wildman–Crippen LogP) is 23.5. The summed E-state index contributed by atoms with van der Waals surface area (Å²) in [6.45, 7) is 13.3. The number of carbonyl (C=O) groups is 1. The van der Waals surface area contributed by atoms with E-state index in [1.165, 1.54) is 176 Å². The fourth-order valence-corrected chi connectivity index (χ4v) is 15.0. The molecule has 2 fully saturated rings. The predicted molar refractivity (Wildman–Crippen MR) is 389 cm³/mol. The van der Waals surface area contributed by atoms with Crippen LogP contribution in [0, 0.1) is 23.7 Å². The zero-order valence-electron chi connectivity index (χ0n) is 56.1. The minimum absolute atomic E-state index is 0.182. The van der Waals surface area contributed by atoms with E-state index in [2.05, 4.69) is 176 Å². The molecule has 3 aliphatic heterocycles. The van der Waals surface area contributed by atoms with Gasteiger partial charge in [-0.1, -0.05) is 248 Å². The van der Waals surface area contributed by atoms with Crippen molar-refractivity contribution in [3.8, 4) is 11.1 Å². The van der Waals surface area contributed by atoms with Gasteiger partial charge in [0.05, 0.1) is 28.3 Å². The van der Waals surface area contributed by atoms with Crippen LogP contribution in [0.25, 0.3) is 63.6 Å². The number of hydrogen-bond acceptors (Lipinski definition) is 5. The van der Waals surface area contributed by atoms with Crippen molar-refractivity contribution in [1.82, 2.24) is 19.9 Å². The molecule has 1 saturated heterocycles. The highest BCUT2D eigenvalue weighted by atomic mass is 16.5. The van der Waals surface area contributed by atoms with Crippen LogP contribution in [-0.2, 0) is 30.6 Å². The Balaban J connectivity index is 0.914. The van der Waals surface area contributed by atoms with Crippen LogP contribution in [-0.4, -0.2) is 39.0 Å². The minimum atomic E-state index is -0.314. The molecule has 8 bridgehead atoms. The maximum Gasteiger partial charge on any atom is 0.338 e. The number of anilines is 1. The average Bonchev–Trinajstić information content (AvgIpc) is 1.68. The summed E-state index contributed by atoms with van der Waals surface area (Å²) >= 11 is 0. The molecule has 3 aromatic carbocycles. The highest BCUT2D eigenvalue weighted by Crippen LogP contribution is 2.48. The molecule has 0 radical (unpaired) electrons. The molecular weight excluding hydrogens is 1110 g/mol. The van der Waals surface area contributed by atoms with E-state index >= 15 is 0 Å². The van der Waals surface area contributed by atoms with Crippen molar-refractivity contribution < 1.29 is 9.53 Å². The molecule has 91 heavy (non-hydrogen) atoms. The van der Waals surface area contributed by atoms with E-state index in [4.69, 9.17) is 14.7 Å². The number of esters is 1. The number of benzene rings is 3. The number of fused-ring (bicyclic) bond motifs is 9. The molecule has 3 aromatic heterocycles. The summed E-state index contributed by atoms with van der Waals surface area (Å²) in [6, 6.07) is 36.4. The highest BCUT2D eigenvalue weighted by molar-refractivity contribution is 5.95. The molecule has 4 aliphatic rings. The van der Waals surface area contributed by atoms with Gasteiger partial charge in [0.1, 0.15) is 6.61 Å². The van der Waals surface area contributed by atoms with E-state index in [1.54, 1.807) is 0 Å². The lowest BCUT2D eigenvalue weighted by Crippen LogP contribution is -2.23. The zero-order chi connectivity index (χ0) is 62.8. The molecule has 0 spiro atoms. The zero-order valence-corrected chi connectivity index (χ0v) is 56.1. The molecule has 7 heteroatoms. The number of H-pyrrole nitrogens is 2. The smallest absolute Gasteiger partial charge is 0.338 e. The Hall–Kier alpha value is -6.99. The number of rotatable bonds is 38. The van der Waals surface area contributed by atoms with Crippen LogP contribution >= 0.6 is 0 Å². The van der Waals surface area contributed by atoms with Crippen LogP contribution in [0.5, 0.6) is 0 Å². The SMILES string of the molecule is C=C[C@H]1C[C@@H](/C=C/c2ccccc2)[C@H]2CN(c3ccc(C(=O)OCc4ccc(-c5c6ccc([nH]6)c(CCCCCCCCCCC)c6nc(c(CCCCCCCCCCC)c7nc(c(CCCCCCCCCCC)c8ccc5[nH]8)C=C7)C=C6)cc4)cc3)C[C@H]21. The number of nitrogens with one attached hydrogen (secondary N) is 2. The molecule has 1 saturated carbocycles. The van der Waals surface area contributed by atoms with Gasteiger partial charge < -0.3 is 19.6 Å². The van der Waals surface area contributed by atoms with Gasteiger partial charge in [0.15, 0.2) is 0 Å². The van der Waals surface area contributed by atoms with Crippen molar-refractivity contribution in [1.29, 1.82) is 0 Å². The first-order valence-corrected chi connectivity index (χ1v) is 36.5. The number of aryl methyl sites for hydroxylation is 2. The van der Waals surface area contributed by atoms with E-state index in [9.17, 15) is 4.79 Å². The third-order valence-electron chi connectivity index (χ3n) is 20.4. The van der Waals surface area contributed by atoms with Crippen LogP contribution in [0.2, 0.25) is 0 Å². The maximum absolute atomic E-state index is 13.7. The van der Waals surface area contributed by atoms with Crippen LogP contribution < -0.4 is 4.90 Å². The molecule has 6 aromatic rings. The molecule has 0 unspecified atom stereocenters. The number of hydrogen-bond donors (Lipinski definition) is 2. The first-order valence-electron chi connectivity index (χ1n) is 36.5. The van der Waals surface area contributed by atoms with Gasteiger partial charge in [0, 0.05) is 63.1 Å². The third kappa shape index (κ3) is 18.8. The number of nitrogens with zero attached hydrogens (tertiary/aromatic N) is 3. The van der Waals surface area contributed by atoms with Crippen molar-refractivity contribution in [2.75, 3.05) is 18.0 Å². The standard InChI is InChI=1S/C84H109N5O2/c1-5-9-12-15-18-21-24-27-33-38-70-75-51-53-77(85-75)71(39-34-28-25-22-19-16-13-10-6-2)79-55-57-81(87-79)83(82-58-56-80(88-82)72(78-54-52-76(70)86-78)40-35-29-26-23-20-17-14-11-7-3)66-44-42-64(43-45-66)62-91-84(90)67-47-49-69(50-48-67)89-60-73-65(8-4)59-68(74(73)61-89)46-41-63-36-31-30-32-37-63/h8,30-32,36-37,41-58,65,68,73-74,87-88H,4-7,9-29,33-35,38-40,59-62H2,1-3H3/b46-41+,75-70?,76-70?,77-71?,78-72?,79-71?,80-72?,83-81?,83-82?/t65-,68+,73-,74+/m0/s1. The van der Waals surface area contributed by atoms with E-state index in [1.807, 2.05) is 12.1 Å². The summed E-state index contributed by atoms with van der Waals surface area (Å²) in [7, 11) is 0. The number of carbonyl (C=O) groups excluding carboxylic acids is 1. The Morgan fingerprint density at radius 3 is 1.40 bits per heavy atom. The quantitative estimate of drug-likeness (QED) is 0.0229. The average molecular weight is 1220 g/mol. The number of allylic oxidation sites excluding steroid dienone is 2. The second-order valence-corrected chi connectivity index (χ2v) is 27.2. The van der Waals surface area contributed by atoms with Crippen LogP contribution in [0.1, 0.15) is 262 Å². The second kappa shape index (κ2) is 35.7. The van der Waals surface area contributed by atoms with Crippen LogP contribution in [0.4, 0.5) is 5.69 Å². The Kier molecular flexibility index (Phi) is 26.3. The first-order chi connectivity index (χ1) is 44.9. The number of aromatic amines is 2. The number of ether oxygens (including phenoxy) is 1. The van der Waals surface area contributed by atoms with Gasteiger partial charge in [-0.25, -0.2) is 14.8 Å². The van der Waals surface area contributed by atoms with Crippen molar-refractivity contribution in [3.05, 3.63) is 178 Å². The molecular formula is C84H109N5O2. The molecule has 10 rings (SSSR count). The van der Waals surface area contributed by atoms with Gasteiger partial charge >= 0.3 is 5.97 Å². The highest BCUT2D eigenvalue weighted by Gasteiger charge is 2.46. The first kappa shape index (κ1) is 66.9. The van der Waals surface area contributed by atoms with Gasteiger partial charge in [0.25, 0.3) is 0 Å². The Morgan fingerprint density at radius 2 is 0.923 bits per heavy atom. The van der Waals surface area contributed by atoms with Gasteiger partial charge in [-0.3, -0.25) is 0 Å². The monoisotopic (exact) mass is 1220 g/mol. The normalized spacial score (nSPS) is 16.8. The lowest BCUT2D eigenvalue weighted by Gasteiger charge is -2.22. The number of aromatic nitrogens is 4. The van der Waals surface area contributed by atoms with Crippen molar-refractivity contribution in [3.63, 3.8) is 0 Å². The van der Waals surface area contributed by atoms with Crippen LogP contribution in [0.3, 0.4) is 0 Å². The van der Waals surface area contributed by atoms with Crippen molar-refractivity contribution in [2.45, 2.75) is 226 Å². The maximum atomic E-state index is 13.7. The molecule has 1 aliphatic carbocycles. The summed E-state index contributed by atoms with van der Waals surface area (Å²) in [4.78, 5) is 35.5. The molecule has 2 N–H and O–H groups in total. The molecule has 4 atom stereocenters. The van der Waals surface area contributed by atoms with Gasteiger partial charge in [0.2, 0.25) is 0 Å². The molecule has 7 nitrogen and oxygen atoms in total. The molecule has 6 heterocycles. The van der Waals surface area contributed by atoms with Gasteiger partial charge in [-0.2, -0.15) is 0 Å². The van der Waals surface area contributed by atoms with Crippen molar-refractivity contribution in [2.24, 2.45) is 23.7 Å². The number of unbranched alkanes of at least 4 members (excludes halogenated alkanes) is 24. The summed E-state index contributed by atoms with van der Waals surface area (Å²) in [5.74, 6) is 1.85. The fraction of sp³-hybridized carbons (Fsp3) is 0.488. The molecule has 0 amide bonds. The second-order valence-electron chi connectivity index (χ2n) is 27.2. The Bertz CT molecular complexity index is 3370. The Labute approximate surface area is 547 Å². The lowest BCUT2D eigenvalue weighted by atomic mass is 9.90. The summed E-state index contributed by atoms with van der Waals surface area (Å²) in [6.07, 6.45) is 55.1. The van der Waals surface area contributed by atoms with Gasteiger partial charge in [-0.15, -0.1) is 6.58 Å². The van der Waals surface area contributed by atoms with E-state index in [0.29, 0.717) is 29.2 Å². The van der Waals surface area contributed by atoms with E-state index in [-0.39, 0.29) is 12.6 Å². The van der Waals surface area contributed by atoms with E-state index < -0.39 is 0 Å². The summed E-state index contributed by atoms with van der Waals surface area (Å²) < 4.78 is 6.05. The molecule has 482 valence electrons. The summed E-state index contributed by atoms with van der Waals surface area (Å²) in [5.41, 5.74) is 18.6. The Morgan fingerprint density at radius 1 is 0.495 bits per heavy atom. The minimum Gasteiger partial charge on any atom is -0.457 e. The summed E-state index contributed by atoms with van der Waals surface area (Å²) in [5, 5.41) is 0. The van der Waals surface area contributed by atoms with Crippen molar-refractivity contribution >= 4 is 64.1 Å². The van der Waals surface area contributed by atoms with E-state index in [0.717, 1.165) is 125 Å².